The Morgan fingerprint density at radius 3 is 2.55 bits per heavy atom. The highest BCUT2D eigenvalue weighted by atomic mass is 16.4. The molecular formula is C23H24N2O6. The second-order valence-electron chi connectivity index (χ2n) is 7.64. The van der Waals surface area contributed by atoms with Crippen LogP contribution in [0.3, 0.4) is 0 Å². The first-order valence-electron chi connectivity index (χ1n) is 10.5. The Kier molecular flexibility index (Phi) is 7.19. The molecule has 2 aliphatic heterocycles. The Balaban J connectivity index is 1.61. The lowest BCUT2D eigenvalue weighted by atomic mass is 10.0. The predicted octanol–water partition coefficient (Wildman–Crippen LogP) is 2.25. The van der Waals surface area contributed by atoms with Crippen LogP contribution < -0.4 is 5.32 Å². The van der Waals surface area contributed by atoms with Crippen molar-refractivity contribution in [3.05, 3.63) is 34.9 Å². The average Bonchev–Trinajstić information content (AvgIpc) is 2.98. The van der Waals surface area contributed by atoms with Crippen LogP contribution in [0, 0.1) is 11.8 Å². The molecule has 162 valence electrons. The Labute approximate surface area is 180 Å². The number of carbonyl (C=O) groups is 5. The fourth-order valence-corrected chi connectivity index (χ4v) is 3.80. The van der Waals surface area contributed by atoms with Crippen molar-refractivity contribution >= 4 is 29.6 Å². The molecule has 0 saturated carbocycles. The predicted molar refractivity (Wildman–Crippen MR) is 110 cm³/mol. The number of hydrogen-bond acceptors (Lipinski definition) is 5. The molecule has 1 unspecified atom stereocenters. The number of hydrogen-bond donors (Lipinski definition) is 2. The monoisotopic (exact) mass is 424 g/mol. The SMILES string of the molecule is O=C(O)CCCCCCCC#Cc1cccc2c1C(=O)N(C1CCC(=O)NC1=O)C2=O. The van der Waals surface area contributed by atoms with Crippen molar-refractivity contribution in [1.82, 2.24) is 10.2 Å². The van der Waals surface area contributed by atoms with Gasteiger partial charge in [0, 0.05) is 24.8 Å². The first-order valence-corrected chi connectivity index (χ1v) is 10.5. The maximum Gasteiger partial charge on any atom is 0.303 e. The van der Waals surface area contributed by atoms with E-state index in [2.05, 4.69) is 17.2 Å². The summed E-state index contributed by atoms with van der Waals surface area (Å²) >= 11 is 0. The fourth-order valence-electron chi connectivity index (χ4n) is 3.80. The van der Waals surface area contributed by atoms with E-state index >= 15 is 0 Å². The van der Waals surface area contributed by atoms with E-state index in [1.54, 1.807) is 18.2 Å². The summed E-state index contributed by atoms with van der Waals surface area (Å²) < 4.78 is 0. The Hall–Kier alpha value is -3.47. The zero-order valence-corrected chi connectivity index (χ0v) is 17.1. The molecule has 2 N–H and O–H groups in total. The lowest BCUT2D eigenvalue weighted by Gasteiger charge is -2.27. The van der Waals surface area contributed by atoms with Gasteiger partial charge in [-0.15, -0.1) is 0 Å². The summed E-state index contributed by atoms with van der Waals surface area (Å²) in [6.07, 6.45) is 5.32. The maximum absolute atomic E-state index is 13.0. The molecule has 8 nitrogen and oxygen atoms in total. The van der Waals surface area contributed by atoms with Gasteiger partial charge >= 0.3 is 5.97 Å². The summed E-state index contributed by atoms with van der Waals surface area (Å²) in [5, 5.41) is 10.8. The Bertz CT molecular complexity index is 988. The van der Waals surface area contributed by atoms with Crippen LogP contribution in [-0.2, 0) is 14.4 Å². The van der Waals surface area contributed by atoms with Crippen molar-refractivity contribution in [1.29, 1.82) is 0 Å². The minimum absolute atomic E-state index is 0.0762. The third kappa shape index (κ3) is 5.18. The number of amides is 4. The Morgan fingerprint density at radius 2 is 1.81 bits per heavy atom. The molecule has 31 heavy (non-hydrogen) atoms. The molecule has 2 aliphatic rings. The summed E-state index contributed by atoms with van der Waals surface area (Å²) in [5.41, 5.74) is 0.880. The van der Waals surface area contributed by atoms with E-state index in [4.69, 9.17) is 5.11 Å². The van der Waals surface area contributed by atoms with Crippen molar-refractivity contribution in [2.75, 3.05) is 0 Å². The number of piperidine rings is 1. The van der Waals surface area contributed by atoms with Crippen LogP contribution in [-0.4, -0.2) is 45.6 Å². The largest absolute Gasteiger partial charge is 0.481 e. The highest BCUT2D eigenvalue weighted by Crippen LogP contribution is 2.29. The highest BCUT2D eigenvalue weighted by Gasteiger charge is 2.45. The number of carboxylic acids is 1. The normalized spacial score (nSPS) is 17.8. The molecule has 1 fully saturated rings. The van der Waals surface area contributed by atoms with Crippen molar-refractivity contribution in [2.45, 2.75) is 63.8 Å². The molecule has 0 spiro atoms. The van der Waals surface area contributed by atoms with E-state index in [1.165, 1.54) is 0 Å². The second kappa shape index (κ2) is 10.0. The zero-order valence-electron chi connectivity index (χ0n) is 17.1. The highest BCUT2D eigenvalue weighted by molar-refractivity contribution is 6.24. The zero-order chi connectivity index (χ0) is 22.4. The van der Waals surface area contributed by atoms with Gasteiger partial charge in [0.25, 0.3) is 11.8 Å². The third-order valence-electron chi connectivity index (χ3n) is 5.38. The van der Waals surface area contributed by atoms with Crippen LogP contribution >= 0.6 is 0 Å². The number of carbonyl (C=O) groups excluding carboxylic acids is 4. The lowest BCUT2D eigenvalue weighted by molar-refractivity contribution is -0.138. The summed E-state index contributed by atoms with van der Waals surface area (Å²) in [5.74, 6) is 3.09. The molecule has 2 heterocycles. The lowest BCUT2D eigenvalue weighted by Crippen LogP contribution is -2.54. The van der Waals surface area contributed by atoms with Crippen LogP contribution in [0.4, 0.5) is 0 Å². The van der Waals surface area contributed by atoms with Gasteiger partial charge in [-0.05, 0) is 31.4 Å². The van der Waals surface area contributed by atoms with Crippen LogP contribution in [0.1, 0.15) is 84.1 Å². The summed E-state index contributed by atoms with van der Waals surface area (Å²) in [6, 6.07) is 3.89. The first kappa shape index (κ1) is 22.2. The molecule has 0 bridgehead atoms. The minimum atomic E-state index is -0.993. The molecule has 0 radical (unpaired) electrons. The van der Waals surface area contributed by atoms with Crippen LogP contribution in [0.2, 0.25) is 0 Å². The molecule has 3 rings (SSSR count). The van der Waals surface area contributed by atoms with Crippen LogP contribution in [0.5, 0.6) is 0 Å². The molecule has 0 aliphatic carbocycles. The number of imide groups is 2. The number of carboxylic acid groups (broad SMARTS) is 1. The molecule has 1 aromatic rings. The molecule has 8 heteroatoms. The summed E-state index contributed by atoms with van der Waals surface area (Å²) in [7, 11) is 0. The summed E-state index contributed by atoms with van der Waals surface area (Å²) in [4.78, 5) is 60.7. The van der Waals surface area contributed by atoms with Crippen molar-refractivity contribution in [3.8, 4) is 11.8 Å². The quantitative estimate of drug-likeness (QED) is 0.375. The van der Waals surface area contributed by atoms with Gasteiger partial charge in [-0.25, -0.2) is 0 Å². The number of unbranched alkanes of at least 4 members (excludes halogenated alkanes) is 5. The van der Waals surface area contributed by atoms with E-state index in [1.807, 2.05) is 0 Å². The number of rotatable bonds is 8. The molecule has 1 saturated heterocycles. The van der Waals surface area contributed by atoms with Crippen LogP contribution in [0.15, 0.2) is 18.2 Å². The van der Waals surface area contributed by atoms with E-state index in [9.17, 15) is 24.0 Å². The van der Waals surface area contributed by atoms with Gasteiger partial charge in [0.2, 0.25) is 11.8 Å². The molecule has 1 atom stereocenters. The summed E-state index contributed by atoms with van der Waals surface area (Å²) in [6.45, 7) is 0. The smallest absolute Gasteiger partial charge is 0.303 e. The number of benzene rings is 1. The van der Waals surface area contributed by atoms with E-state index in [-0.39, 0.29) is 30.4 Å². The fraction of sp³-hybridized carbons (Fsp3) is 0.435. The van der Waals surface area contributed by atoms with Gasteiger partial charge in [-0.2, -0.15) is 0 Å². The van der Waals surface area contributed by atoms with Crippen molar-refractivity contribution in [2.24, 2.45) is 0 Å². The van der Waals surface area contributed by atoms with E-state index < -0.39 is 35.6 Å². The average molecular weight is 424 g/mol. The van der Waals surface area contributed by atoms with Crippen molar-refractivity contribution < 1.29 is 29.1 Å². The van der Waals surface area contributed by atoms with Crippen LogP contribution in [0.25, 0.3) is 0 Å². The van der Waals surface area contributed by atoms with Gasteiger partial charge in [0.1, 0.15) is 6.04 Å². The standard InChI is InChI=1S/C23H24N2O6/c26-18-14-13-17(21(29)24-18)25-22(30)16-11-8-10-15(20(16)23(25)31)9-6-4-2-1-3-5-7-12-19(27)28/h8,10-11,17H,1-5,7,12-14H2,(H,27,28)(H,24,26,29). The van der Waals surface area contributed by atoms with E-state index in [0.29, 0.717) is 18.4 Å². The van der Waals surface area contributed by atoms with Gasteiger partial charge in [0.15, 0.2) is 0 Å². The first-order chi connectivity index (χ1) is 14.9. The van der Waals surface area contributed by atoms with E-state index in [0.717, 1.165) is 30.6 Å². The van der Waals surface area contributed by atoms with Gasteiger partial charge in [0.05, 0.1) is 11.1 Å². The number of nitrogens with zero attached hydrogens (tertiary/aromatic N) is 1. The molecule has 1 aromatic carbocycles. The van der Waals surface area contributed by atoms with Gasteiger partial charge < -0.3 is 5.11 Å². The third-order valence-corrected chi connectivity index (χ3v) is 5.38. The second-order valence-corrected chi connectivity index (χ2v) is 7.64. The topological polar surface area (TPSA) is 121 Å². The maximum atomic E-state index is 13.0. The van der Waals surface area contributed by atoms with Gasteiger partial charge in [-0.1, -0.05) is 37.2 Å². The molecule has 0 aromatic heterocycles. The molecule has 4 amide bonds. The number of nitrogens with one attached hydrogen (secondary N) is 1. The van der Waals surface area contributed by atoms with Crippen molar-refractivity contribution in [3.63, 3.8) is 0 Å². The Morgan fingerprint density at radius 1 is 1.06 bits per heavy atom. The molecular weight excluding hydrogens is 400 g/mol. The van der Waals surface area contributed by atoms with Gasteiger partial charge in [-0.3, -0.25) is 34.2 Å². The number of fused-ring (bicyclic) bond motifs is 1. The minimum Gasteiger partial charge on any atom is -0.481 e. The number of aliphatic carboxylic acids is 1.